The van der Waals surface area contributed by atoms with Gasteiger partial charge in [0.2, 0.25) is 0 Å². The van der Waals surface area contributed by atoms with Gasteiger partial charge in [0, 0.05) is 6.04 Å². The molecular formula is C58H65N. The molecule has 6 aromatic carbocycles. The molecule has 6 rings (SSSR count). The smallest absolute Gasteiger partial charge is 0.00106 e. The first kappa shape index (κ1) is 43.1. The first-order valence-corrected chi connectivity index (χ1v) is 22.2. The van der Waals surface area contributed by atoms with Crippen LogP contribution in [-0.2, 0) is 0 Å². The first-order chi connectivity index (χ1) is 29.0. The van der Waals surface area contributed by atoms with Crippen LogP contribution in [0.4, 0.5) is 0 Å². The van der Waals surface area contributed by atoms with Crippen LogP contribution in [0, 0.1) is 0 Å². The lowest BCUT2D eigenvalue weighted by atomic mass is 9.84. The molecule has 0 saturated heterocycles. The van der Waals surface area contributed by atoms with Crippen molar-refractivity contribution in [2.75, 3.05) is 0 Å². The van der Waals surface area contributed by atoms with Crippen molar-refractivity contribution in [3.05, 3.63) is 214 Å². The molecule has 4 unspecified atom stereocenters. The Morgan fingerprint density at radius 3 is 0.949 bits per heavy atom. The van der Waals surface area contributed by atoms with E-state index >= 15 is 0 Å². The standard InChI is InChI=1S/C58H65N/c1-46(54-40-33-51(34-41-54)30-27-48-17-6-3-7-18-48)16-12-13-23-55(57-42-35-52(36-43-57)31-28-49-19-8-4-9-20-49)24-14-15-25-56(39-26-47(2)59)58-44-37-53(38-45-58)32-29-50-21-10-5-11-22-50/h3-11,17-22,27-38,40-47,55-56H,12-16,23-26,39,59H2,1-2H3/b30-27+,31-28+,32-29+. The van der Waals surface area contributed by atoms with Gasteiger partial charge in [0.05, 0.1) is 0 Å². The minimum Gasteiger partial charge on any atom is -0.328 e. The highest BCUT2D eigenvalue weighted by Gasteiger charge is 2.16. The molecule has 59 heavy (non-hydrogen) atoms. The van der Waals surface area contributed by atoms with E-state index in [1.54, 1.807) is 0 Å². The van der Waals surface area contributed by atoms with E-state index in [9.17, 15) is 0 Å². The van der Waals surface area contributed by atoms with Crippen LogP contribution in [0.15, 0.2) is 164 Å². The number of nitrogens with two attached hydrogens (primary N) is 1. The summed E-state index contributed by atoms with van der Waals surface area (Å²) >= 11 is 0. The van der Waals surface area contributed by atoms with Gasteiger partial charge >= 0.3 is 0 Å². The van der Waals surface area contributed by atoms with Gasteiger partial charge in [-0.3, -0.25) is 0 Å². The van der Waals surface area contributed by atoms with E-state index in [1.807, 2.05) is 0 Å². The second-order valence-electron chi connectivity index (χ2n) is 16.7. The third-order valence-corrected chi connectivity index (χ3v) is 11.9. The van der Waals surface area contributed by atoms with Crippen molar-refractivity contribution in [2.45, 2.75) is 102 Å². The zero-order valence-electron chi connectivity index (χ0n) is 35.5. The molecule has 0 amide bonds. The number of hydrogen-bond donors (Lipinski definition) is 1. The van der Waals surface area contributed by atoms with Gasteiger partial charge in [0.15, 0.2) is 0 Å². The summed E-state index contributed by atoms with van der Waals surface area (Å²) in [5, 5.41) is 0. The van der Waals surface area contributed by atoms with Gasteiger partial charge < -0.3 is 5.73 Å². The maximum Gasteiger partial charge on any atom is 0.00106 e. The summed E-state index contributed by atoms with van der Waals surface area (Å²) in [5.74, 6) is 1.67. The molecule has 0 heterocycles. The largest absolute Gasteiger partial charge is 0.328 e. The molecule has 0 saturated carbocycles. The third kappa shape index (κ3) is 15.0. The van der Waals surface area contributed by atoms with Crippen molar-refractivity contribution in [1.82, 2.24) is 0 Å². The van der Waals surface area contributed by atoms with Gasteiger partial charge in [-0.25, -0.2) is 0 Å². The zero-order chi connectivity index (χ0) is 40.9. The number of benzene rings is 6. The van der Waals surface area contributed by atoms with Crippen molar-refractivity contribution in [3.63, 3.8) is 0 Å². The highest BCUT2D eigenvalue weighted by molar-refractivity contribution is 5.71. The highest BCUT2D eigenvalue weighted by atomic mass is 14.6. The Morgan fingerprint density at radius 2 is 0.610 bits per heavy atom. The lowest BCUT2D eigenvalue weighted by Gasteiger charge is -2.21. The predicted octanol–water partition coefficient (Wildman–Crippen LogP) is 16.1. The monoisotopic (exact) mass is 776 g/mol. The molecule has 0 spiro atoms. The SMILES string of the molecule is CC(N)CCC(CCCCC(CCCCC(C)c1ccc(/C=C/c2ccccc2)cc1)c1ccc(/C=C/c2ccccc2)cc1)c1ccc(/C=C/c2ccccc2)cc1. The lowest BCUT2D eigenvalue weighted by Crippen LogP contribution is -2.16. The van der Waals surface area contributed by atoms with E-state index in [2.05, 4.69) is 214 Å². The van der Waals surface area contributed by atoms with Gasteiger partial charge in [0.25, 0.3) is 0 Å². The van der Waals surface area contributed by atoms with Crippen molar-refractivity contribution in [3.8, 4) is 0 Å². The van der Waals surface area contributed by atoms with E-state index in [0.29, 0.717) is 17.8 Å². The predicted molar refractivity (Wildman–Crippen MR) is 259 cm³/mol. The minimum atomic E-state index is 0.227. The molecular weight excluding hydrogens is 711 g/mol. The second-order valence-corrected chi connectivity index (χ2v) is 16.7. The van der Waals surface area contributed by atoms with E-state index < -0.39 is 0 Å². The molecule has 302 valence electrons. The number of unbranched alkanes of at least 4 members (excludes halogenated alkanes) is 2. The Hall–Kier alpha value is -5.50. The molecule has 2 N–H and O–H groups in total. The van der Waals surface area contributed by atoms with Crippen molar-refractivity contribution < 1.29 is 0 Å². The van der Waals surface area contributed by atoms with Gasteiger partial charge in [0.1, 0.15) is 0 Å². The maximum atomic E-state index is 6.28. The average Bonchev–Trinajstić information content (AvgIpc) is 3.29. The highest BCUT2D eigenvalue weighted by Crippen LogP contribution is 2.33. The maximum absolute atomic E-state index is 6.28. The summed E-state index contributed by atoms with van der Waals surface area (Å²) in [6, 6.07) is 59.7. The normalized spacial score (nSPS) is 13.9. The molecule has 0 aliphatic carbocycles. The molecule has 4 atom stereocenters. The van der Waals surface area contributed by atoms with Crippen LogP contribution in [0.1, 0.15) is 146 Å². The fraction of sp³-hybridized carbons (Fsp3) is 0.276. The Bertz CT molecular complexity index is 2120. The van der Waals surface area contributed by atoms with Crippen LogP contribution >= 0.6 is 0 Å². The van der Waals surface area contributed by atoms with Crippen molar-refractivity contribution >= 4 is 36.5 Å². The van der Waals surface area contributed by atoms with Gasteiger partial charge in [-0.05, 0) is 113 Å². The molecule has 1 heteroatoms. The van der Waals surface area contributed by atoms with Crippen LogP contribution in [0.2, 0.25) is 0 Å². The fourth-order valence-corrected chi connectivity index (χ4v) is 8.17. The molecule has 0 radical (unpaired) electrons. The van der Waals surface area contributed by atoms with E-state index in [4.69, 9.17) is 5.73 Å². The third-order valence-electron chi connectivity index (χ3n) is 11.9. The summed E-state index contributed by atoms with van der Waals surface area (Å²) in [4.78, 5) is 0. The van der Waals surface area contributed by atoms with E-state index in [-0.39, 0.29) is 6.04 Å². The Kier molecular flexibility index (Phi) is 17.4. The van der Waals surface area contributed by atoms with Gasteiger partial charge in [-0.1, -0.05) is 233 Å². The summed E-state index contributed by atoms with van der Waals surface area (Å²) in [6.45, 7) is 4.54. The second kappa shape index (κ2) is 23.8. The molecule has 1 nitrogen and oxygen atoms in total. The van der Waals surface area contributed by atoms with Crippen LogP contribution in [0.3, 0.4) is 0 Å². The number of hydrogen-bond acceptors (Lipinski definition) is 1. The summed E-state index contributed by atoms with van der Waals surface area (Å²) in [7, 11) is 0. The molecule has 0 aromatic heterocycles. The van der Waals surface area contributed by atoms with Crippen LogP contribution < -0.4 is 5.73 Å². The first-order valence-electron chi connectivity index (χ1n) is 22.2. The van der Waals surface area contributed by atoms with Gasteiger partial charge in [-0.15, -0.1) is 0 Å². The van der Waals surface area contributed by atoms with Crippen molar-refractivity contribution in [2.24, 2.45) is 5.73 Å². The lowest BCUT2D eigenvalue weighted by molar-refractivity contribution is 0.460. The molecule has 0 aliphatic heterocycles. The molecule has 0 bridgehead atoms. The van der Waals surface area contributed by atoms with Crippen LogP contribution in [-0.4, -0.2) is 6.04 Å². The summed E-state index contributed by atoms with van der Waals surface area (Å²) in [5.41, 5.74) is 18.1. The summed E-state index contributed by atoms with van der Waals surface area (Å²) < 4.78 is 0. The van der Waals surface area contributed by atoms with Crippen molar-refractivity contribution in [1.29, 1.82) is 0 Å². The minimum absolute atomic E-state index is 0.227. The zero-order valence-corrected chi connectivity index (χ0v) is 35.5. The Labute approximate surface area is 356 Å². The van der Waals surface area contributed by atoms with Gasteiger partial charge in [-0.2, -0.15) is 0 Å². The average molecular weight is 776 g/mol. The Balaban J connectivity index is 1.04. The van der Waals surface area contributed by atoms with Crippen LogP contribution in [0.5, 0.6) is 0 Å². The van der Waals surface area contributed by atoms with E-state index in [1.165, 1.54) is 101 Å². The topological polar surface area (TPSA) is 26.0 Å². The Morgan fingerprint density at radius 1 is 0.322 bits per heavy atom. The van der Waals surface area contributed by atoms with E-state index in [0.717, 1.165) is 12.8 Å². The molecule has 0 fully saturated rings. The molecule has 6 aromatic rings. The quantitative estimate of drug-likeness (QED) is 0.0539. The summed E-state index contributed by atoms with van der Waals surface area (Å²) in [6.07, 6.45) is 25.3. The van der Waals surface area contributed by atoms with Crippen LogP contribution in [0.25, 0.3) is 36.5 Å². The molecule has 0 aliphatic rings. The fourth-order valence-electron chi connectivity index (χ4n) is 8.17. The number of rotatable bonds is 22.